The summed E-state index contributed by atoms with van der Waals surface area (Å²) >= 11 is 0. The van der Waals surface area contributed by atoms with Gasteiger partial charge in [-0.15, -0.1) is 13.2 Å². The average molecular weight is 501 g/mol. The molecule has 2 aromatic heterocycles. The van der Waals surface area contributed by atoms with Gasteiger partial charge in [0.1, 0.15) is 22.8 Å². The van der Waals surface area contributed by atoms with E-state index in [9.17, 15) is 22.8 Å². The molecule has 1 fully saturated rings. The van der Waals surface area contributed by atoms with E-state index in [2.05, 4.69) is 20.0 Å². The van der Waals surface area contributed by atoms with E-state index in [1.165, 1.54) is 44.6 Å². The average Bonchev–Trinajstić information content (AvgIpc) is 3.57. The van der Waals surface area contributed by atoms with Crippen LogP contribution in [-0.4, -0.2) is 35.1 Å². The van der Waals surface area contributed by atoms with Crippen molar-refractivity contribution in [2.75, 3.05) is 12.4 Å². The van der Waals surface area contributed by atoms with Gasteiger partial charge in [0.15, 0.2) is 17.3 Å². The number of hydrogen-bond donors (Lipinski definition) is 1. The number of halogens is 3. The number of aromatic nitrogens is 2. The number of Topliss-reactive ketones (excluding diaryl/α,β-unsaturated/α-hetero) is 1. The minimum atomic E-state index is -4.87. The summed E-state index contributed by atoms with van der Waals surface area (Å²) in [4.78, 5) is 33.1. The standard InChI is InChI=1S/C25H22F3N3O5/c1-14(32)18-10-15(6-9-29-18)31-23(33)17-13-30-22(24(2)7-8-24)12-20(17)35-19-5-4-16(11-21(19)34-3)36-25(26,27)28/h4-6,9-13H,7-8H2,1-3H3,(H,29,31,33). The maximum absolute atomic E-state index is 13.1. The van der Waals surface area contributed by atoms with Crippen molar-refractivity contribution in [2.24, 2.45) is 0 Å². The van der Waals surface area contributed by atoms with Crippen molar-refractivity contribution >= 4 is 17.4 Å². The predicted molar refractivity (Wildman–Crippen MR) is 123 cm³/mol. The SMILES string of the molecule is COc1cc(OC(F)(F)F)ccc1Oc1cc(C2(C)CC2)ncc1C(=O)Nc1ccnc(C(C)=O)c1. The number of nitrogens with zero attached hydrogens (tertiary/aromatic N) is 2. The van der Waals surface area contributed by atoms with Gasteiger partial charge in [0, 0.05) is 48.2 Å². The lowest BCUT2D eigenvalue weighted by atomic mass is 10.0. The van der Waals surface area contributed by atoms with Crippen LogP contribution in [0.25, 0.3) is 0 Å². The van der Waals surface area contributed by atoms with Gasteiger partial charge in [-0.2, -0.15) is 0 Å². The van der Waals surface area contributed by atoms with Crippen molar-refractivity contribution in [1.29, 1.82) is 0 Å². The van der Waals surface area contributed by atoms with Crippen molar-refractivity contribution in [2.45, 2.75) is 38.5 Å². The van der Waals surface area contributed by atoms with Crippen LogP contribution in [0, 0.1) is 0 Å². The van der Waals surface area contributed by atoms with Gasteiger partial charge in [-0.25, -0.2) is 0 Å². The molecule has 2 heterocycles. The summed E-state index contributed by atoms with van der Waals surface area (Å²) in [7, 11) is 1.27. The molecular weight excluding hydrogens is 479 g/mol. The van der Waals surface area contributed by atoms with Crippen molar-refractivity contribution in [3.63, 3.8) is 0 Å². The monoisotopic (exact) mass is 501 g/mol. The first-order valence-corrected chi connectivity index (χ1v) is 10.9. The Morgan fingerprint density at radius 3 is 2.42 bits per heavy atom. The van der Waals surface area contributed by atoms with E-state index in [-0.39, 0.29) is 39.7 Å². The van der Waals surface area contributed by atoms with Crippen molar-refractivity contribution < 1.29 is 37.0 Å². The van der Waals surface area contributed by atoms with Gasteiger partial charge in [0.2, 0.25) is 0 Å². The van der Waals surface area contributed by atoms with Crippen LogP contribution in [0.2, 0.25) is 0 Å². The number of benzene rings is 1. The molecule has 8 nitrogen and oxygen atoms in total. The molecule has 1 N–H and O–H groups in total. The zero-order valence-corrected chi connectivity index (χ0v) is 19.6. The number of rotatable bonds is 8. The molecule has 4 rings (SSSR count). The molecular formula is C25H22F3N3O5. The number of methoxy groups -OCH3 is 1. The predicted octanol–water partition coefficient (Wildman–Crippen LogP) is 5.68. The van der Waals surface area contributed by atoms with Crippen LogP contribution in [0.4, 0.5) is 18.9 Å². The molecule has 36 heavy (non-hydrogen) atoms. The minimum Gasteiger partial charge on any atom is -0.493 e. The molecule has 1 aliphatic rings. The van der Waals surface area contributed by atoms with Gasteiger partial charge in [0.25, 0.3) is 5.91 Å². The third-order valence-electron chi connectivity index (χ3n) is 5.70. The van der Waals surface area contributed by atoms with Crippen LogP contribution in [0.3, 0.4) is 0 Å². The summed E-state index contributed by atoms with van der Waals surface area (Å²) < 4.78 is 52.9. The van der Waals surface area contributed by atoms with Gasteiger partial charge in [-0.05, 0) is 37.1 Å². The Morgan fingerprint density at radius 2 is 1.78 bits per heavy atom. The van der Waals surface area contributed by atoms with Crippen LogP contribution >= 0.6 is 0 Å². The summed E-state index contributed by atoms with van der Waals surface area (Å²) in [6, 6.07) is 7.97. The van der Waals surface area contributed by atoms with Crippen LogP contribution in [-0.2, 0) is 5.41 Å². The van der Waals surface area contributed by atoms with Gasteiger partial charge in [0.05, 0.1) is 7.11 Å². The lowest BCUT2D eigenvalue weighted by molar-refractivity contribution is -0.274. The molecule has 1 amide bonds. The molecule has 3 aromatic rings. The van der Waals surface area contributed by atoms with E-state index in [4.69, 9.17) is 9.47 Å². The third kappa shape index (κ3) is 5.73. The fourth-order valence-electron chi connectivity index (χ4n) is 3.41. The Labute approximate surface area is 204 Å². The number of alkyl halides is 3. The number of carbonyl (C=O) groups excluding carboxylic acids is 2. The first kappa shape index (κ1) is 25.0. The highest BCUT2D eigenvalue weighted by Gasteiger charge is 2.41. The summed E-state index contributed by atoms with van der Waals surface area (Å²) in [5.74, 6) is -1.13. The second-order valence-electron chi connectivity index (χ2n) is 8.53. The summed E-state index contributed by atoms with van der Waals surface area (Å²) in [6.45, 7) is 3.39. The molecule has 0 aliphatic heterocycles. The number of ketones is 1. The molecule has 1 saturated carbocycles. The Hall–Kier alpha value is -4.15. The molecule has 0 spiro atoms. The smallest absolute Gasteiger partial charge is 0.493 e. The van der Waals surface area contributed by atoms with Gasteiger partial charge in [-0.3, -0.25) is 19.6 Å². The fraction of sp³-hybridized carbons (Fsp3) is 0.280. The van der Waals surface area contributed by atoms with E-state index in [0.29, 0.717) is 11.4 Å². The Morgan fingerprint density at radius 1 is 1.03 bits per heavy atom. The molecule has 0 atom stereocenters. The summed E-state index contributed by atoms with van der Waals surface area (Å²) in [5.41, 5.74) is 1.17. The third-order valence-corrected chi connectivity index (χ3v) is 5.70. The number of ether oxygens (including phenoxy) is 3. The van der Waals surface area contributed by atoms with Crippen LogP contribution < -0.4 is 19.5 Å². The lowest BCUT2D eigenvalue weighted by Gasteiger charge is -2.17. The fourth-order valence-corrected chi connectivity index (χ4v) is 3.41. The van der Waals surface area contributed by atoms with E-state index in [1.54, 1.807) is 6.07 Å². The largest absolute Gasteiger partial charge is 0.573 e. The molecule has 0 bridgehead atoms. The number of anilines is 1. The number of pyridine rings is 2. The van der Waals surface area contributed by atoms with Crippen LogP contribution in [0.15, 0.2) is 48.8 Å². The van der Waals surface area contributed by atoms with Crippen molar-refractivity contribution in [3.8, 4) is 23.0 Å². The molecule has 0 saturated heterocycles. The zero-order valence-electron chi connectivity index (χ0n) is 19.6. The quantitative estimate of drug-likeness (QED) is 0.396. The van der Waals surface area contributed by atoms with E-state index < -0.39 is 18.0 Å². The minimum absolute atomic E-state index is 0.0284. The Bertz CT molecular complexity index is 1320. The highest BCUT2D eigenvalue weighted by atomic mass is 19.4. The topological polar surface area (TPSA) is 99.6 Å². The maximum Gasteiger partial charge on any atom is 0.573 e. The van der Waals surface area contributed by atoms with E-state index in [0.717, 1.165) is 25.0 Å². The van der Waals surface area contributed by atoms with Gasteiger partial charge >= 0.3 is 6.36 Å². The highest BCUT2D eigenvalue weighted by Crippen LogP contribution is 2.48. The Balaban J connectivity index is 1.67. The number of carbonyl (C=O) groups is 2. The number of hydrogen-bond acceptors (Lipinski definition) is 7. The lowest BCUT2D eigenvalue weighted by Crippen LogP contribution is -2.17. The molecule has 188 valence electrons. The molecule has 0 unspecified atom stereocenters. The molecule has 0 radical (unpaired) electrons. The summed E-state index contributed by atoms with van der Waals surface area (Å²) in [6.07, 6.45) is -0.252. The van der Waals surface area contributed by atoms with E-state index in [1.807, 2.05) is 6.92 Å². The second kappa shape index (κ2) is 9.48. The van der Waals surface area contributed by atoms with Crippen molar-refractivity contribution in [3.05, 3.63) is 65.7 Å². The number of nitrogens with one attached hydrogen (secondary N) is 1. The highest BCUT2D eigenvalue weighted by molar-refractivity contribution is 6.06. The van der Waals surface area contributed by atoms with Gasteiger partial charge in [-0.1, -0.05) is 6.92 Å². The van der Waals surface area contributed by atoms with Crippen LogP contribution in [0.1, 0.15) is 53.2 Å². The van der Waals surface area contributed by atoms with Crippen molar-refractivity contribution in [1.82, 2.24) is 9.97 Å². The molecule has 11 heteroatoms. The van der Waals surface area contributed by atoms with Gasteiger partial charge < -0.3 is 19.5 Å². The molecule has 1 aromatic carbocycles. The second-order valence-corrected chi connectivity index (χ2v) is 8.53. The summed E-state index contributed by atoms with van der Waals surface area (Å²) in [5, 5.41) is 2.69. The van der Waals surface area contributed by atoms with E-state index >= 15 is 0 Å². The van der Waals surface area contributed by atoms with Crippen LogP contribution in [0.5, 0.6) is 23.0 Å². The zero-order chi connectivity index (χ0) is 26.1. The Kier molecular flexibility index (Phi) is 6.57. The first-order chi connectivity index (χ1) is 17.0. The molecule has 1 aliphatic carbocycles. The maximum atomic E-state index is 13.1. The first-order valence-electron chi connectivity index (χ1n) is 10.9. The normalized spacial score (nSPS) is 14.1. The number of amides is 1.